The highest BCUT2D eigenvalue weighted by Crippen LogP contribution is 2.13. The molecule has 1 aromatic heterocycles. The Labute approximate surface area is 106 Å². The molecule has 0 bridgehead atoms. The van der Waals surface area contributed by atoms with Crippen LogP contribution in [0.2, 0.25) is 0 Å². The summed E-state index contributed by atoms with van der Waals surface area (Å²) in [5.41, 5.74) is 3.16. The molecule has 18 heavy (non-hydrogen) atoms. The number of imidazole rings is 1. The minimum absolute atomic E-state index is 0.00907. The summed E-state index contributed by atoms with van der Waals surface area (Å²) in [6.45, 7) is 6.16. The number of nitrogens with zero attached hydrogens (tertiary/aromatic N) is 2. The fourth-order valence-electron chi connectivity index (χ4n) is 2.73. The Morgan fingerprint density at radius 2 is 2.00 bits per heavy atom. The van der Waals surface area contributed by atoms with Gasteiger partial charge < -0.3 is 9.88 Å². The third-order valence-corrected chi connectivity index (χ3v) is 3.77. The molecule has 1 aliphatic rings. The van der Waals surface area contributed by atoms with Gasteiger partial charge in [-0.15, -0.1) is 0 Å². The lowest BCUT2D eigenvalue weighted by Crippen LogP contribution is -2.28. The van der Waals surface area contributed by atoms with Gasteiger partial charge in [-0.05, 0) is 50.6 Å². The maximum absolute atomic E-state index is 11.9. The Morgan fingerprint density at radius 1 is 1.22 bits per heavy atom. The molecule has 1 aromatic carbocycles. The van der Waals surface area contributed by atoms with Crippen molar-refractivity contribution in [2.45, 2.75) is 26.3 Å². The molecular formula is C14H19N3O. The first-order valence-corrected chi connectivity index (χ1v) is 6.65. The summed E-state index contributed by atoms with van der Waals surface area (Å²) in [6.07, 6.45) is 2.59. The van der Waals surface area contributed by atoms with Gasteiger partial charge in [-0.2, -0.15) is 0 Å². The van der Waals surface area contributed by atoms with E-state index in [2.05, 4.69) is 22.9 Å². The smallest absolute Gasteiger partial charge is 0.306 e. The molecule has 4 heteroatoms. The van der Waals surface area contributed by atoms with E-state index in [1.807, 2.05) is 16.7 Å². The highest BCUT2D eigenvalue weighted by Gasteiger charge is 2.13. The van der Waals surface area contributed by atoms with Gasteiger partial charge in [0.25, 0.3) is 0 Å². The van der Waals surface area contributed by atoms with Crippen LogP contribution in [-0.4, -0.2) is 34.1 Å². The van der Waals surface area contributed by atoms with Gasteiger partial charge >= 0.3 is 5.69 Å². The van der Waals surface area contributed by atoms with Crippen LogP contribution in [0.3, 0.4) is 0 Å². The van der Waals surface area contributed by atoms with Crippen molar-refractivity contribution in [3.05, 3.63) is 34.2 Å². The first-order chi connectivity index (χ1) is 8.74. The molecule has 0 saturated carbocycles. The summed E-state index contributed by atoms with van der Waals surface area (Å²) < 4.78 is 1.86. The van der Waals surface area contributed by atoms with Crippen LogP contribution >= 0.6 is 0 Å². The molecule has 0 atom stereocenters. The van der Waals surface area contributed by atoms with Crippen LogP contribution in [-0.2, 0) is 6.54 Å². The van der Waals surface area contributed by atoms with Gasteiger partial charge in [0.2, 0.25) is 0 Å². The van der Waals surface area contributed by atoms with E-state index in [4.69, 9.17) is 0 Å². The predicted molar refractivity (Wildman–Crippen MR) is 73.0 cm³/mol. The Bertz CT molecular complexity index is 605. The van der Waals surface area contributed by atoms with Crippen LogP contribution in [0.25, 0.3) is 11.0 Å². The number of aromatic nitrogens is 2. The first-order valence-electron chi connectivity index (χ1n) is 6.65. The van der Waals surface area contributed by atoms with E-state index in [1.54, 1.807) is 0 Å². The van der Waals surface area contributed by atoms with Crippen molar-refractivity contribution in [1.82, 2.24) is 14.5 Å². The largest absolute Gasteiger partial charge is 0.326 e. The van der Waals surface area contributed by atoms with Crippen LogP contribution in [0.4, 0.5) is 0 Å². The molecule has 1 N–H and O–H groups in total. The summed E-state index contributed by atoms with van der Waals surface area (Å²) in [5, 5.41) is 0. The molecule has 1 fully saturated rings. The SMILES string of the molecule is Cc1ccc2[nH]c(=O)n(CCN3CCCC3)c2c1. The number of rotatable bonds is 3. The van der Waals surface area contributed by atoms with E-state index >= 15 is 0 Å². The van der Waals surface area contributed by atoms with Crippen molar-refractivity contribution in [2.24, 2.45) is 0 Å². The average molecular weight is 245 g/mol. The molecule has 2 heterocycles. The lowest BCUT2D eigenvalue weighted by Gasteiger charge is -2.14. The van der Waals surface area contributed by atoms with Gasteiger partial charge in [0.1, 0.15) is 0 Å². The number of hydrogen-bond acceptors (Lipinski definition) is 2. The Balaban J connectivity index is 1.87. The maximum Gasteiger partial charge on any atom is 0.326 e. The molecule has 0 unspecified atom stereocenters. The zero-order chi connectivity index (χ0) is 12.5. The first kappa shape index (κ1) is 11.5. The second-order valence-electron chi connectivity index (χ2n) is 5.15. The molecule has 3 rings (SSSR count). The number of nitrogens with one attached hydrogen (secondary N) is 1. The minimum Gasteiger partial charge on any atom is -0.306 e. The van der Waals surface area contributed by atoms with Crippen LogP contribution < -0.4 is 5.69 Å². The van der Waals surface area contributed by atoms with E-state index in [1.165, 1.54) is 31.5 Å². The molecular weight excluding hydrogens is 226 g/mol. The van der Waals surface area contributed by atoms with Crippen LogP contribution in [0.1, 0.15) is 18.4 Å². The summed E-state index contributed by atoms with van der Waals surface area (Å²) in [7, 11) is 0. The van der Waals surface area contributed by atoms with Crippen molar-refractivity contribution < 1.29 is 0 Å². The van der Waals surface area contributed by atoms with E-state index < -0.39 is 0 Å². The van der Waals surface area contributed by atoms with Crippen molar-refractivity contribution in [3.63, 3.8) is 0 Å². The molecule has 1 saturated heterocycles. The van der Waals surface area contributed by atoms with E-state index in [9.17, 15) is 4.79 Å². The Morgan fingerprint density at radius 3 is 2.78 bits per heavy atom. The van der Waals surface area contributed by atoms with Crippen molar-refractivity contribution >= 4 is 11.0 Å². The normalized spacial score (nSPS) is 16.7. The van der Waals surface area contributed by atoms with Crippen molar-refractivity contribution in [1.29, 1.82) is 0 Å². The van der Waals surface area contributed by atoms with Gasteiger partial charge in [0.15, 0.2) is 0 Å². The van der Waals surface area contributed by atoms with Gasteiger partial charge in [0.05, 0.1) is 11.0 Å². The second kappa shape index (κ2) is 4.61. The lowest BCUT2D eigenvalue weighted by molar-refractivity contribution is 0.322. The standard InChI is InChI=1S/C14H19N3O/c1-11-4-5-12-13(10-11)17(14(18)15-12)9-8-16-6-2-3-7-16/h4-5,10H,2-3,6-9H2,1H3,(H,15,18). The maximum atomic E-state index is 11.9. The topological polar surface area (TPSA) is 41.0 Å². The summed E-state index contributed by atoms with van der Waals surface area (Å²) in [5.74, 6) is 0. The molecule has 4 nitrogen and oxygen atoms in total. The van der Waals surface area contributed by atoms with Gasteiger partial charge in [-0.3, -0.25) is 4.57 Å². The highest BCUT2D eigenvalue weighted by molar-refractivity contribution is 5.75. The Hall–Kier alpha value is -1.55. The monoisotopic (exact) mass is 245 g/mol. The minimum atomic E-state index is 0.00907. The van der Waals surface area contributed by atoms with E-state index in [0.29, 0.717) is 0 Å². The number of likely N-dealkylation sites (tertiary alicyclic amines) is 1. The third-order valence-electron chi connectivity index (χ3n) is 3.77. The predicted octanol–water partition coefficient (Wildman–Crippen LogP) is 1.73. The van der Waals surface area contributed by atoms with Gasteiger partial charge in [-0.1, -0.05) is 6.07 Å². The number of fused-ring (bicyclic) bond motifs is 1. The number of benzene rings is 1. The van der Waals surface area contributed by atoms with E-state index in [0.717, 1.165) is 24.1 Å². The zero-order valence-electron chi connectivity index (χ0n) is 10.8. The molecule has 96 valence electrons. The highest BCUT2D eigenvalue weighted by atomic mass is 16.1. The molecule has 0 aliphatic carbocycles. The van der Waals surface area contributed by atoms with Crippen LogP contribution in [0, 0.1) is 6.92 Å². The van der Waals surface area contributed by atoms with Gasteiger partial charge in [0, 0.05) is 13.1 Å². The van der Waals surface area contributed by atoms with E-state index in [-0.39, 0.29) is 5.69 Å². The fraction of sp³-hybridized carbons (Fsp3) is 0.500. The lowest BCUT2D eigenvalue weighted by atomic mass is 10.2. The molecule has 0 spiro atoms. The fourth-order valence-corrected chi connectivity index (χ4v) is 2.73. The van der Waals surface area contributed by atoms with Crippen LogP contribution in [0.5, 0.6) is 0 Å². The molecule has 1 aliphatic heterocycles. The number of H-pyrrole nitrogens is 1. The van der Waals surface area contributed by atoms with Crippen LogP contribution in [0.15, 0.2) is 23.0 Å². The van der Waals surface area contributed by atoms with Crippen molar-refractivity contribution in [3.8, 4) is 0 Å². The Kier molecular flexibility index (Phi) is 2.96. The summed E-state index contributed by atoms with van der Waals surface area (Å²) in [4.78, 5) is 17.3. The number of hydrogen-bond donors (Lipinski definition) is 1. The average Bonchev–Trinajstić information content (AvgIpc) is 2.94. The van der Waals surface area contributed by atoms with Gasteiger partial charge in [-0.25, -0.2) is 4.79 Å². The number of aromatic amines is 1. The van der Waals surface area contributed by atoms with Crippen molar-refractivity contribution in [2.75, 3.05) is 19.6 Å². The molecule has 0 radical (unpaired) electrons. The molecule has 0 amide bonds. The summed E-state index contributed by atoms with van der Waals surface area (Å²) >= 11 is 0. The number of aryl methyl sites for hydroxylation is 1. The molecule has 2 aromatic rings. The summed E-state index contributed by atoms with van der Waals surface area (Å²) in [6, 6.07) is 6.10. The second-order valence-corrected chi connectivity index (χ2v) is 5.15. The zero-order valence-corrected chi connectivity index (χ0v) is 10.8. The third kappa shape index (κ3) is 2.08. The quantitative estimate of drug-likeness (QED) is 0.894.